The molecule has 2 unspecified atom stereocenters. The van der Waals surface area contributed by atoms with Crippen molar-refractivity contribution in [3.63, 3.8) is 0 Å². The van der Waals surface area contributed by atoms with Crippen LogP contribution in [0.15, 0.2) is 24.5 Å². The summed E-state index contributed by atoms with van der Waals surface area (Å²) in [7, 11) is 0. The quantitative estimate of drug-likeness (QED) is 0.910. The number of likely N-dealkylation sites (tertiary alicyclic amines) is 1. The third-order valence-electron chi connectivity index (χ3n) is 3.57. The first-order valence-electron chi connectivity index (χ1n) is 7.46. The van der Waals surface area contributed by atoms with Crippen LogP contribution in [0.3, 0.4) is 0 Å². The maximum Gasteiger partial charge on any atom is 0.410 e. The van der Waals surface area contributed by atoms with Gasteiger partial charge in [0.2, 0.25) is 0 Å². The van der Waals surface area contributed by atoms with Gasteiger partial charge in [0.25, 0.3) is 0 Å². The second kappa shape index (κ2) is 6.43. The molecular weight excluding hydrogens is 268 g/mol. The molecule has 5 heteroatoms. The summed E-state index contributed by atoms with van der Waals surface area (Å²) in [4.78, 5) is 18.0. The molecular formula is C16H24N2O3. The van der Waals surface area contributed by atoms with Crippen LogP contribution in [0.2, 0.25) is 0 Å². The van der Waals surface area contributed by atoms with Crippen LogP contribution in [0.1, 0.15) is 51.7 Å². The number of amides is 1. The monoisotopic (exact) mass is 292 g/mol. The Morgan fingerprint density at radius 1 is 1.48 bits per heavy atom. The molecule has 1 amide bonds. The van der Waals surface area contributed by atoms with Gasteiger partial charge in [0.1, 0.15) is 11.7 Å². The van der Waals surface area contributed by atoms with Crippen molar-refractivity contribution in [3.05, 3.63) is 30.1 Å². The zero-order chi connectivity index (χ0) is 15.5. The standard InChI is InChI=1S/C16H24N2O3/c1-16(2,3)21-15(20)18-10-5-4-8-13(18)14(19)12-7-6-9-17-11-12/h6-7,9,11,13-14,19H,4-5,8,10H2,1-3H3. The maximum atomic E-state index is 12.3. The predicted molar refractivity (Wildman–Crippen MR) is 79.8 cm³/mol. The zero-order valence-corrected chi connectivity index (χ0v) is 13.0. The van der Waals surface area contributed by atoms with E-state index in [0.717, 1.165) is 24.8 Å². The van der Waals surface area contributed by atoms with Crippen LogP contribution in [0.25, 0.3) is 0 Å². The Balaban J connectivity index is 2.13. The number of hydrogen-bond acceptors (Lipinski definition) is 4. The van der Waals surface area contributed by atoms with E-state index in [1.54, 1.807) is 23.4 Å². The Hall–Kier alpha value is -1.62. The van der Waals surface area contributed by atoms with Crippen molar-refractivity contribution in [2.45, 2.75) is 57.8 Å². The molecule has 1 saturated heterocycles. The van der Waals surface area contributed by atoms with Gasteiger partial charge in [0.05, 0.1) is 6.04 Å². The molecule has 1 aliphatic rings. The molecule has 21 heavy (non-hydrogen) atoms. The lowest BCUT2D eigenvalue weighted by molar-refractivity contribution is -0.0169. The molecule has 0 saturated carbocycles. The van der Waals surface area contributed by atoms with Gasteiger partial charge < -0.3 is 14.7 Å². The average Bonchev–Trinajstić information content (AvgIpc) is 2.45. The van der Waals surface area contributed by atoms with Gasteiger partial charge in [-0.3, -0.25) is 4.98 Å². The molecule has 1 aromatic rings. The molecule has 1 fully saturated rings. The first kappa shape index (κ1) is 15.8. The first-order chi connectivity index (χ1) is 9.88. The number of hydrogen-bond donors (Lipinski definition) is 1. The van der Waals surface area contributed by atoms with E-state index in [9.17, 15) is 9.90 Å². The summed E-state index contributed by atoms with van der Waals surface area (Å²) >= 11 is 0. The molecule has 1 aliphatic heterocycles. The minimum atomic E-state index is -0.730. The molecule has 116 valence electrons. The number of nitrogens with zero attached hydrogens (tertiary/aromatic N) is 2. The summed E-state index contributed by atoms with van der Waals surface area (Å²) in [6, 6.07) is 3.37. The third-order valence-corrected chi connectivity index (χ3v) is 3.57. The van der Waals surface area contributed by atoms with Gasteiger partial charge in [0.15, 0.2) is 0 Å². The van der Waals surface area contributed by atoms with Crippen molar-refractivity contribution < 1.29 is 14.6 Å². The van der Waals surface area contributed by atoms with Crippen LogP contribution < -0.4 is 0 Å². The lowest BCUT2D eigenvalue weighted by Crippen LogP contribution is -2.48. The van der Waals surface area contributed by atoms with Gasteiger partial charge in [-0.25, -0.2) is 4.79 Å². The summed E-state index contributed by atoms with van der Waals surface area (Å²) in [5.74, 6) is 0. The Morgan fingerprint density at radius 3 is 2.86 bits per heavy atom. The summed E-state index contributed by atoms with van der Waals surface area (Å²) in [5.41, 5.74) is 0.205. The van der Waals surface area contributed by atoms with Crippen LogP contribution in [-0.4, -0.2) is 39.3 Å². The fourth-order valence-corrected chi connectivity index (χ4v) is 2.61. The van der Waals surface area contributed by atoms with Gasteiger partial charge in [-0.2, -0.15) is 0 Å². The van der Waals surface area contributed by atoms with E-state index < -0.39 is 11.7 Å². The Labute approximate surface area is 125 Å². The van der Waals surface area contributed by atoms with Gasteiger partial charge in [-0.1, -0.05) is 6.07 Å². The Bertz CT molecular complexity index is 470. The van der Waals surface area contributed by atoms with Gasteiger partial charge in [-0.15, -0.1) is 0 Å². The molecule has 0 bridgehead atoms. The first-order valence-corrected chi connectivity index (χ1v) is 7.46. The molecule has 0 spiro atoms. The van der Waals surface area contributed by atoms with Crippen LogP contribution in [0, 0.1) is 0 Å². The second-order valence-electron chi connectivity index (χ2n) is 6.47. The average molecular weight is 292 g/mol. The van der Waals surface area contributed by atoms with Crippen molar-refractivity contribution in [2.24, 2.45) is 0 Å². The highest BCUT2D eigenvalue weighted by Crippen LogP contribution is 2.29. The van der Waals surface area contributed by atoms with Crippen molar-refractivity contribution in [1.82, 2.24) is 9.88 Å². The zero-order valence-electron chi connectivity index (χ0n) is 13.0. The second-order valence-corrected chi connectivity index (χ2v) is 6.47. The summed E-state index contributed by atoms with van der Waals surface area (Å²) < 4.78 is 5.45. The number of piperidine rings is 1. The Kier molecular flexibility index (Phi) is 4.83. The number of aromatic nitrogens is 1. The van der Waals surface area contributed by atoms with E-state index in [1.165, 1.54) is 0 Å². The van der Waals surface area contributed by atoms with Crippen molar-refractivity contribution in [3.8, 4) is 0 Å². The normalized spacial score (nSPS) is 21.0. The molecule has 2 heterocycles. The lowest BCUT2D eigenvalue weighted by Gasteiger charge is -2.39. The summed E-state index contributed by atoms with van der Waals surface area (Å²) in [6.45, 7) is 6.17. The van der Waals surface area contributed by atoms with E-state index in [1.807, 2.05) is 26.8 Å². The molecule has 5 nitrogen and oxygen atoms in total. The topological polar surface area (TPSA) is 62.7 Å². The van der Waals surface area contributed by atoms with E-state index in [0.29, 0.717) is 6.54 Å². The molecule has 1 aromatic heterocycles. The number of carbonyl (C=O) groups is 1. The van der Waals surface area contributed by atoms with Crippen LogP contribution in [0.5, 0.6) is 0 Å². The number of pyridine rings is 1. The third kappa shape index (κ3) is 4.17. The molecule has 1 N–H and O–H groups in total. The fraction of sp³-hybridized carbons (Fsp3) is 0.625. The molecule has 2 atom stereocenters. The van der Waals surface area contributed by atoms with Gasteiger partial charge in [-0.05, 0) is 46.1 Å². The van der Waals surface area contributed by atoms with E-state index in [-0.39, 0.29) is 12.1 Å². The SMILES string of the molecule is CC(C)(C)OC(=O)N1CCCCC1C(O)c1cccnc1. The van der Waals surface area contributed by atoms with E-state index in [2.05, 4.69) is 4.98 Å². The fourth-order valence-electron chi connectivity index (χ4n) is 2.61. The lowest BCUT2D eigenvalue weighted by atomic mass is 9.94. The number of ether oxygens (including phenoxy) is 1. The number of carbonyl (C=O) groups excluding carboxylic acids is 1. The highest BCUT2D eigenvalue weighted by atomic mass is 16.6. The predicted octanol–water partition coefficient (Wildman–Crippen LogP) is 2.90. The smallest absolute Gasteiger partial charge is 0.410 e. The van der Waals surface area contributed by atoms with Crippen LogP contribution in [0.4, 0.5) is 4.79 Å². The minimum Gasteiger partial charge on any atom is -0.444 e. The Morgan fingerprint density at radius 2 is 2.24 bits per heavy atom. The number of aliphatic hydroxyl groups is 1. The van der Waals surface area contributed by atoms with E-state index in [4.69, 9.17) is 4.74 Å². The minimum absolute atomic E-state index is 0.252. The molecule has 0 aliphatic carbocycles. The van der Waals surface area contributed by atoms with Crippen LogP contribution in [-0.2, 0) is 4.74 Å². The van der Waals surface area contributed by atoms with Gasteiger partial charge >= 0.3 is 6.09 Å². The van der Waals surface area contributed by atoms with E-state index >= 15 is 0 Å². The summed E-state index contributed by atoms with van der Waals surface area (Å²) in [6.07, 6.45) is 4.95. The summed E-state index contributed by atoms with van der Waals surface area (Å²) in [5, 5.41) is 10.6. The molecule has 0 radical (unpaired) electrons. The largest absolute Gasteiger partial charge is 0.444 e. The molecule has 0 aromatic carbocycles. The highest BCUT2D eigenvalue weighted by Gasteiger charge is 2.35. The number of aliphatic hydroxyl groups excluding tert-OH is 1. The van der Waals surface area contributed by atoms with Gasteiger partial charge in [0, 0.05) is 24.5 Å². The highest BCUT2D eigenvalue weighted by molar-refractivity contribution is 5.68. The molecule has 2 rings (SSSR count). The van der Waals surface area contributed by atoms with Crippen LogP contribution >= 0.6 is 0 Å². The van der Waals surface area contributed by atoms with Crippen molar-refractivity contribution in [2.75, 3.05) is 6.54 Å². The number of rotatable bonds is 2. The van der Waals surface area contributed by atoms with Crippen molar-refractivity contribution in [1.29, 1.82) is 0 Å². The van der Waals surface area contributed by atoms with Crippen molar-refractivity contribution >= 4 is 6.09 Å². The maximum absolute atomic E-state index is 12.3.